The number of fused-ring (bicyclic) bond motifs is 1. The molecule has 0 bridgehead atoms. The van der Waals surface area contributed by atoms with Crippen molar-refractivity contribution in [3.8, 4) is 11.3 Å². The molecule has 4 aromatic heterocycles. The lowest BCUT2D eigenvalue weighted by molar-refractivity contribution is 0.961. The summed E-state index contributed by atoms with van der Waals surface area (Å²) in [6.45, 7) is 0. The molecule has 0 radical (unpaired) electrons. The van der Waals surface area contributed by atoms with Crippen molar-refractivity contribution in [2.75, 3.05) is 0 Å². The van der Waals surface area contributed by atoms with Gasteiger partial charge in [-0.1, -0.05) is 0 Å². The lowest BCUT2D eigenvalue weighted by atomic mass is 10.1. The van der Waals surface area contributed by atoms with Crippen molar-refractivity contribution < 1.29 is 0 Å². The average Bonchev–Trinajstić information content (AvgIpc) is 3.16. The lowest BCUT2D eigenvalue weighted by Crippen LogP contribution is -1.97. The summed E-state index contributed by atoms with van der Waals surface area (Å²) in [6, 6.07) is 3.87. The fourth-order valence-corrected chi connectivity index (χ4v) is 2.90. The van der Waals surface area contributed by atoms with Gasteiger partial charge in [-0.25, -0.2) is 15.0 Å². The van der Waals surface area contributed by atoms with E-state index in [1.54, 1.807) is 29.9 Å². The van der Waals surface area contributed by atoms with Gasteiger partial charge in [-0.15, -0.1) is 11.3 Å². The van der Waals surface area contributed by atoms with E-state index in [2.05, 4.69) is 24.9 Å². The highest BCUT2D eigenvalue weighted by molar-refractivity contribution is 7.09. The molecule has 102 valence electrons. The first-order chi connectivity index (χ1) is 10.4. The number of hydrogen-bond donors (Lipinski definition) is 1. The monoisotopic (exact) mass is 293 g/mol. The Morgan fingerprint density at radius 2 is 2.10 bits per heavy atom. The molecular formula is C15H11N5S. The normalized spacial score (nSPS) is 11.0. The minimum Gasteiger partial charge on any atom is -0.360 e. The molecule has 0 spiro atoms. The van der Waals surface area contributed by atoms with Gasteiger partial charge in [-0.05, 0) is 12.1 Å². The third-order valence-corrected chi connectivity index (χ3v) is 4.04. The fourth-order valence-electron chi connectivity index (χ4n) is 2.28. The first-order valence-corrected chi connectivity index (χ1v) is 7.40. The highest BCUT2D eigenvalue weighted by Crippen LogP contribution is 2.26. The van der Waals surface area contributed by atoms with E-state index < -0.39 is 0 Å². The summed E-state index contributed by atoms with van der Waals surface area (Å²) in [5, 5.41) is 4.05. The van der Waals surface area contributed by atoms with Crippen LogP contribution in [0.5, 0.6) is 0 Å². The Labute approximate surface area is 124 Å². The highest BCUT2D eigenvalue weighted by atomic mass is 32.1. The van der Waals surface area contributed by atoms with Crippen molar-refractivity contribution in [3.05, 3.63) is 59.3 Å². The van der Waals surface area contributed by atoms with E-state index in [9.17, 15) is 0 Å². The van der Waals surface area contributed by atoms with Crippen LogP contribution in [0.2, 0.25) is 0 Å². The number of rotatable bonds is 3. The van der Waals surface area contributed by atoms with Gasteiger partial charge >= 0.3 is 0 Å². The van der Waals surface area contributed by atoms with Gasteiger partial charge in [0.15, 0.2) is 0 Å². The smallest absolute Gasteiger partial charge is 0.135 e. The van der Waals surface area contributed by atoms with E-state index in [1.165, 1.54) is 0 Å². The molecule has 6 heteroatoms. The van der Waals surface area contributed by atoms with Gasteiger partial charge in [0.05, 0.1) is 12.1 Å². The Hall–Kier alpha value is -2.60. The summed E-state index contributed by atoms with van der Waals surface area (Å²) >= 11 is 1.62. The van der Waals surface area contributed by atoms with Gasteiger partial charge in [0.1, 0.15) is 10.8 Å². The van der Waals surface area contributed by atoms with Gasteiger partial charge in [0.25, 0.3) is 0 Å². The number of aromatic nitrogens is 5. The third-order valence-electron chi connectivity index (χ3n) is 3.26. The van der Waals surface area contributed by atoms with E-state index >= 15 is 0 Å². The van der Waals surface area contributed by atoms with Crippen LogP contribution >= 0.6 is 11.3 Å². The summed E-state index contributed by atoms with van der Waals surface area (Å²) in [5.41, 5.74) is 3.00. The number of thiazole rings is 1. The summed E-state index contributed by atoms with van der Waals surface area (Å²) < 4.78 is 0. The number of H-pyrrole nitrogens is 1. The number of nitrogens with one attached hydrogen (secondary N) is 1. The van der Waals surface area contributed by atoms with Crippen LogP contribution in [0.25, 0.3) is 22.2 Å². The topological polar surface area (TPSA) is 67.3 Å². The van der Waals surface area contributed by atoms with Crippen LogP contribution in [-0.4, -0.2) is 24.9 Å². The van der Waals surface area contributed by atoms with Crippen molar-refractivity contribution in [2.45, 2.75) is 6.42 Å². The second-order valence-electron chi connectivity index (χ2n) is 4.58. The highest BCUT2D eigenvalue weighted by Gasteiger charge is 2.09. The number of hydrogen-bond acceptors (Lipinski definition) is 5. The van der Waals surface area contributed by atoms with E-state index in [0.717, 1.165) is 33.0 Å². The Morgan fingerprint density at radius 1 is 1.10 bits per heavy atom. The molecule has 0 aliphatic heterocycles. The first-order valence-electron chi connectivity index (χ1n) is 6.52. The molecular weight excluding hydrogens is 282 g/mol. The van der Waals surface area contributed by atoms with Crippen LogP contribution < -0.4 is 0 Å². The molecule has 0 aliphatic rings. The molecule has 4 aromatic rings. The summed E-state index contributed by atoms with van der Waals surface area (Å²) in [4.78, 5) is 20.7. The SMILES string of the molecule is c1cc2[nH]cc(-c3ccnc(Cc4nccs4)n3)c2cn1. The Kier molecular flexibility index (Phi) is 2.93. The van der Waals surface area contributed by atoms with Crippen molar-refractivity contribution in [2.24, 2.45) is 0 Å². The molecule has 21 heavy (non-hydrogen) atoms. The minimum absolute atomic E-state index is 0.659. The van der Waals surface area contributed by atoms with Gasteiger partial charge < -0.3 is 4.98 Å². The standard InChI is InChI=1S/C15H11N5S/c1-3-16-8-10-11(9-19-12(1)10)13-2-4-17-14(20-13)7-15-18-5-6-21-15/h1-6,8-9,19H,7H2. The first kappa shape index (κ1) is 12.2. The van der Waals surface area contributed by atoms with Gasteiger partial charge in [0.2, 0.25) is 0 Å². The zero-order valence-electron chi connectivity index (χ0n) is 11.0. The van der Waals surface area contributed by atoms with Gasteiger partial charge in [-0.3, -0.25) is 4.98 Å². The van der Waals surface area contributed by atoms with Crippen molar-refractivity contribution >= 4 is 22.2 Å². The molecule has 0 unspecified atom stereocenters. The maximum absolute atomic E-state index is 4.65. The van der Waals surface area contributed by atoms with E-state index in [4.69, 9.17) is 0 Å². The van der Waals surface area contributed by atoms with Crippen LogP contribution in [-0.2, 0) is 6.42 Å². The molecule has 0 atom stereocenters. The molecule has 4 heterocycles. The summed E-state index contributed by atoms with van der Waals surface area (Å²) in [5.74, 6) is 0.778. The fraction of sp³-hybridized carbons (Fsp3) is 0.0667. The third kappa shape index (κ3) is 2.30. The molecule has 5 nitrogen and oxygen atoms in total. The number of aromatic amines is 1. The van der Waals surface area contributed by atoms with Crippen LogP contribution in [0.3, 0.4) is 0 Å². The van der Waals surface area contributed by atoms with Crippen molar-refractivity contribution in [3.63, 3.8) is 0 Å². The second-order valence-corrected chi connectivity index (χ2v) is 5.56. The number of nitrogens with zero attached hydrogens (tertiary/aromatic N) is 4. The number of pyridine rings is 1. The summed E-state index contributed by atoms with van der Waals surface area (Å²) in [7, 11) is 0. The van der Waals surface area contributed by atoms with Crippen molar-refractivity contribution in [1.82, 2.24) is 24.9 Å². The Balaban J connectivity index is 1.75. The molecule has 0 saturated heterocycles. The minimum atomic E-state index is 0.659. The molecule has 0 fully saturated rings. The second kappa shape index (κ2) is 5.06. The molecule has 0 aliphatic carbocycles. The molecule has 0 aromatic carbocycles. The molecule has 0 saturated carbocycles. The zero-order chi connectivity index (χ0) is 14.1. The van der Waals surface area contributed by atoms with Crippen LogP contribution in [0, 0.1) is 0 Å². The van der Waals surface area contributed by atoms with Crippen LogP contribution in [0.1, 0.15) is 10.8 Å². The Morgan fingerprint density at radius 3 is 3.00 bits per heavy atom. The Bertz CT molecular complexity index is 882. The maximum atomic E-state index is 4.65. The quantitative estimate of drug-likeness (QED) is 0.630. The van der Waals surface area contributed by atoms with E-state index in [0.29, 0.717) is 6.42 Å². The lowest BCUT2D eigenvalue weighted by Gasteiger charge is -2.01. The molecule has 1 N–H and O–H groups in total. The predicted molar refractivity (Wildman–Crippen MR) is 82.0 cm³/mol. The molecule has 4 rings (SSSR count). The largest absolute Gasteiger partial charge is 0.360 e. The average molecular weight is 293 g/mol. The van der Waals surface area contributed by atoms with Gasteiger partial charge in [-0.2, -0.15) is 0 Å². The van der Waals surface area contributed by atoms with Crippen LogP contribution in [0.15, 0.2) is 48.5 Å². The maximum Gasteiger partial charge on any atom is 0.135 e. The summed E-state index contributed by atoms with van der Waals surface area (Å²) in [6.07, 6.45) is 9.84. The van der Waals surface area contributed by atoms with Crippen molar-refractivity contribution in [1.29, 1.82) is 0 Å². The van der Waals surface area contributed by atoms with E-state index in [-0.39, 0.29) is 0 Å². The van der Waals surface area contributed by atoms with Gasteiger partial charge in [0, 0.05) is 52.8 Å². The predicted octanol–water partition coefficient (Wildman–Crippen LogP) is 3.07. The van der Waals surface area contributed by atoms with Crippen LogP contribution in [0.4, 0.5) is 0 Å². The zero-order valence-corrected chi connectivity index (χ0v) is 11.8. The molecule has 0 amide bonds. The van der Waals surface area contributed by atoms with E-state index in [1.807, 2.05) is 29.9 Å².